The van der Waals surface area contributed by atoms with E-state index in [1.807, 2.05) is 11.8 Å². The third kappa shape index (κ3) is 2.63. The maximum Gasteiger partial charge on any atom is 0.162 e. The van der Waals surface area contributed by atoms with Crippen molar-refractivity contribution in [3.8, 4) is 11.5 Å². The second kappa shape index (κ2) is 5.49. The Kier molecular flexibility index (Phi) is 3.52. The van der Waals surface area contributed by atoms with Crippen LogP contribution >= 0.6 is 11.8 Å². The van der Waals surface area contributed by atoms with Gasteiger partial charge in [-0.25, -0.2) is 0 Å². The summed E-state index contributed by atoms with van der Waals surface area (Å²) in [7, 11) is 0. The van der Waals surface area contributed by atoms with E-state index in [0.717, 1.165) is 37.2 Å². The maximum absolute atomic E-state index is 5.86. The minimum Gasteiger partial charge on any atom is -0.490 e. The molecule has 2 heterocycles. The van der Waals surface area contributed by atoms with E-state index in [2.05, 4.69) is 17.4 Å². The zero-order valence-electron chi connectivity index (χ0n) is 11.7. The van der Waals surface area contributed by atoms with E-state index in [1.54, 1.807) is 0 Å². The average molecular weight is 291 g/mol. The first-order valence-corrected chi connectivity index (χ1v) is 8.71. The molecule has 0 spiro atoms. The van der Waals surface area contributed by atoms with E-state index >= 15 is 0 Å². The zero-order chi connectivity index (χ0) is 13.4. The Balaban J connectivity index is 1.69. The molecule has 4 rings (SSSR count). The first kappa shape index (κ1) is 12.8. The SMILES string of the molecule is c1c2c(cc3c1SCCCC3NC1CC1)OCCCO2. The van der Waals surface area contributed by atoms with Crippen molar-refractivity contribution in [1.29, 1.82) is 0 Å². The predicted octanol–water partition coefficient (Wildman–Crippen LogP) is 3.53. The lowest BCUT2D eigenvalue weighted by molar-refractivity contribution is 0.296. The molecule has 0 radical (unpaired) electrons. The Bertz CT molecular complexity index is 501. The fourth-order valence-electron chi connectivity index (χ4n) is 2.94. The van der Waals surface area contributed by atoms with Crippen LogP contribution < -0.4 is 14.8 Å². The van der Waals surface area contributed by atoms with E-state index < -0.39 is 0 Å². The highest BCUT2D eigenvalue weighted by molar-refractivity contribution is 7.99. The number of thioether (sulfide) groups is 1. The van der Waals surface area contributed by atoms with E-state index in [9.17, 15) is 0 Å². The first-order valence-electron chi connectivity index (χ1n) is 7.72. The van der Waals surface area contributed by atoms with E-state index in [1.165, 1.54) is 41.9 Å². The summed E-state index contributed by atoms with van der Waals surface area (Å²) < 4.78 is 11.7. The minimum atomic E-state index is 0.490. The van der Waals surface area contributed by atoms with Crippen LogP contribution in [0.4, 0.5) is 0 Å². The smallest absolute Gasteiger partial charge is 0.162 e. The third-order valence-electron chi connectivity index (χ3n) is 4.16. The van der Waals surface area contributed by atoms with Gasteiger partial charge in [0, 0.05) is 23.4 Å². The van der Waals surface area contributed by atoms with Crippen molar-refractivity contribution in [1.82, 2.24) is 5.32 Å². The van der Waals surface area contributed by atoms with Crippen LogP contribution in [0.25, 0.3) is 0 Å². The summed E-state index contributed by atoms with van der Waals surface area (Å²) in [6, 6.07) is 5.67. The Morgan fingerprint density at radius 3 is 2.60 bits per heavy atom. The second-order valence-corrected chi connectivity index (χ2v) is 7.01. The molecule has 1 saturated carbocycles. The maximum atomic E-state index is 5.86. The van der Waals surface area contributed by atoms with Crippen LogP contribution in [0.3, 0.4) is 0 Å². The molecule has 1 aliphatic carbocycles. The molecule has 1 N–H and O–H groups in total. The van der Waals surface area contributed by atoms with Crippen LogP contribution in [0.1, 0.15) is 43.7 Å². The van der Waals surface area contributed by atoms with Gasteiger partial charge in [-0.05, 0) is 49.1 Å². The zero-order valence-corrected chi connectivity index (χ0v) is 12.5. The molecule has 1 aromatic rings. The number of hydrogen-bond acceptors (Lipinski definition) is 4. The van der Waals surface area contributed by atoms with Gasteiger partial charge in [0.2, 0.25) is 0 Å². The number of fused-ring (bicyclic) bond motifs is 2. The molecule has 1 atom stereocenters. The number of rotatable bonds is 2. The topological polar surface area (TPSA) is 30.5 Å². The fraction of sp³-hybridized carbons (Fsp3) is 0.625. The molecule has 1 aromatic carbocycles. The first-order chi connectivity index (χ1) is 9.90. The normalized spacial score (nSPS) is 25.5. The number of nitrogens with one attached hydrogen (secondary N) is 1. The summed E-state index contributed by atoms with van der Waals surface area (Å²) in [5.74, 6) is 3.07. The third-order valence-corrected chi connectivity index (χ3v) is 5.32. The Hall–Kier alpha value is -0.870. The van der Waals surface area contributed by atoms with Crippen molar-refractivity contribution in [3.63, 3.8) is 0 Å². The van der Waals surface area contributed by atoms with Crippen molar-refractivity contribution < 1.29 is 9.47 Å². The lowest BCUT2D eigenvalue weighted by atomic mass is 10.0. The summed E-state index contributed by atoms with van der Waals surface area (Å²) in [5, 5.41) is 3.80. The van der Waals surface area contributed by atoms with Crippen molar-refractivity contribution >= 4 is 11.8 Å². The molecule has 0 bridgehead atoms. The van der Waals surface area contributed by atoms with Gasteiger partial charge in [0.05, 0.1) is 13.2 Å². The monoisotopic (exact) mass is 291 g/mol. The number of benzene rings is 1. The van der Waals surface area contributed by atoms with Crippen LogP contribution in [0.2, 0.25) is 0 Å². The summed E-state index contributed by atoms with van der Waals surface area (Å²) in [6.45, 7) is 1.53. The average Bonchev–Trinajstić information content (AvgIpc) is 3.27. The Morgan fingerprint density at radius 2 is 1.80 bits per heavy atom. The molecule has 0 aromatic heterocycles. The molecule has 2 aliphatic heterocycles. The minimum absolute atomic E-state index is 0.490. The van der Waals surface area contributed by atoms with Crippen LogP contribution in [-0.4, -0.2) is 25.0 Å². The van der Waals surface area contributed by atoms with Gasteiger partial charge in [-0.15, -0.1) is 11.8 Å². The quantitative estimate of drug-likeness (QED) is 0.903. The highest BCUT2D eigenvalue weighted by Crippen LogP contribution is 2.43. The highest BCUT2D eigenvalue weighted by Gasteiger charge is 2.29. The van der Waals surface area contributed by atoms with Gasteiger partial charge in [0.25, 0.3) is 0 Å². The molecule has 1 fully saturated rings. The lowest BCUT2D eigenvalue weighted by Gasteiger charge is -2.20. The lowest BCUT2D eigenvalue weighted by Crippen LogP contribution is -2.23. The van der Waals surface area contributed by atoms with Crippen LogP contribution in [0, 0.1) is 0 Å². The summed E-state index contributed by atoms with van der Waals surface area (Å²) in [6.07, 6.45) is 6.15. The molecule has 0 amide bonds. The fourth-order valence-corrected chi connectivity index (χ4v) is 4.02. The summed E-state index contributed by atoms with van der Waals surface area (Å²) in [5.41, 5.74) is 1.42. The summed E-state index contributed by atoms with van der Waals surface area (Å²) >= 11 is 1.96. The summed E-state index contributed by atoms with van der Waals surface area (Å²) in [4.78, 5) is 1.38. The van der Waals surface area contributed by atoms with Crippen molar-refractivity contribution in [2.75, 3.05) is 19.0 Å². The van der Waals surface area contributed by atoms with Crippen molar-refractivity contribution in [3.05, 3.63) is 17.7 Å². The number of hydrogen-bond donors (Lipinski definition) is 1. The van der Waals surface area contributed by atoms with E-state index in [-0.39, 0.29) is 0 Å². The van der Waals surface area contributed by atoms with Gasteiger partial charge in [-0.2, -0.15) is 0 Å². The van der Waals surface area contributed by atoms with Crippen LogP contribution in [0.5, 0.6) is 11.5 Å². The van der Waals surface area contributed by atoms with Gasteiger partial charge in [-0.1, -0.05) is 0 Å². The molecular weight excluding hydrogens is 270 g/mol. The van der Waals surface area contributed by atoms with Gasteiger partial charge < -0.3 is 14.8 Å². The number of ether oxygens (including phenoxy) is 2. The molecular formula is C16H21NO2S. The highest BCUT2D eigenvalue weighted by atomic mass is 32.2. The Morgan fingerprint density at radius 1 is 1.00 bits per heavy atom. The molecule has 3 aliphatic rings. The Labute approximate surface area is 124 Å². The molecule has 4 heteroatoms. The van der Waals surface area contributed by atoms with Gasteiger partial charge in [0.1, 0.15) is 0 Å². The standard InChI is InChI=1S/C16H21NO2S/c1-3-13(17-11-4-5-11)12-9-14-15(10-16(12)20-8-1)19-7-2-6-18-14/h9-11,13,17H,1-8H2. The van der Waals surface area contributed by atoms with Crippen molar-refractivity contribution in [2.24, 2.45) is 0 Å². The molecule has 20 heavy (non-hydrogen) atoms. The van der Waals surface area contributed by atoms with Gasteiger partial charge in [0.15, 0.2) is 11.5 Å². The van der Waals surface area contributed by atoms with E-state index in [0.29, 0.717) is 6.04 Å². The van der Waals surface area contributed by atoms with Crippen LogP contribution in [0.15, 0.2) is 17.0 Å². The van der Waals surface area contributed by atoms with E-state index in [4.69, 9.17) is 9.47 Å². The largest absolute Gasteiger partial charge is 0.490 e. The van der Waals surface area contributed by atoms with Gasteiger partial charge in [-0.3, -0.25) is 0 Å². The molecule has 108 valence electrons. The van der Waals surface area contributed by atoms with Crippen LogP contribution in [-0.2, 0) is 0 Å². The molecule has 3 nitrogen and oxygen atoms in total. The second-order valence-electron chi connectivity index (χ2n) is 5.87. The van der Waals surface area contributed by atoms with Gasteiger partial charge >= 0.3 is 0 Å². The van der Waals surface area contributed by atoms with Crippen molar-refractivity contribution in [2.45, 2.75) is 49.1 Å². The molecule has 1 unspecified atom stereocenters. The molecule has 0 saturated heterocycles. The predicted molar refractivity (Wildman–Crippen MR) is 80.9 cm³/mol.